The Bertz CT molecular complexity index is 766. The third-order valence-corrected chi connectivity index (χ3v) is 7.14. The maximum absolute atomic E-state index is 9.39. The fraction of sp³-hybridized carbons (Fsp3) is 0.579. The number of thioether (sulfide) groups is 1. The summed E-state index contributed by atoms with van der Waals surface area (Å²) >= 11 is 1.40. The number of nitriles is 2. The van der Waals surface area contributed by atoms with Gasteiger partial charge in [0.25, 0.3) is 0 Å². The molecule has 0 aliphatic heterocycles. The van der Waals surface area contributed by atoms with E-state index < -0.39 is 0 Å². The van der Waals surface area contributed by atoms with Crippen LogP contribution in [0.1, 0.15) is 49.8 Å². The van der Waals surface area contributed by atoms with Crippen molar-refractivity contribution < 1.29 is 0 Å². The maximum Gasteiger partial charge on any atom is 0.207 e. The molecule has 0 saturated heterocycles. The van der Waals surface area contributed by atoms with Crippen molar-refractivity contribution in [3.8, 4) is 12.3 Å². The third-order valence-electron chi connectivity index (χ3n) is 6.11. The highest BCUT2D eigenvalue weighted by Crippen LogP contribution is 2.60. The largest absolute Gasteiger partial charge is 0.386 e. The minimum Gasteiger partial charge on any atom is -0.386 e. The molecular formula is C19H21N5S. The van der Waals surface area contributed by atoms with Crippen LogP contribution in [0.15, 0.2) is 22.2 Å². The van der Waals surface area contributed by atoms with Crippen LogP contribution < -0.4 is 5.73 Å². The standard InChI is InChI=1S/C19H21N5S/c20-9-15-1-2-16(24-18(15)25-10-17(22)23-11-21)19-6-12-3-13(7-19)5-14(4-12)8-19/h1-2,12-14H,3-8,10H2,(H2,22,23). The Morgan fingerprint density at radius 3 is 2.40 bits per heavy atom. The van der Waals surface area contributed by atoms with Crippen LogP contribution in [0.4, 0.5) is 0 Å². The Morgan fingerprint density at radius 1 is 1.20 bits per heavy atom. The fourth-order valence-corrected chi connectivity index (χ4v) is 6.38. The molecule has 1 heterocycles. The van der Waals surface area contributed by atoms with E-state index in [0.717, 1.165) is 23.4 Å². The van der Waals surface area contributed by atoms with Gasteiger partial charge in [0.2, 0.25) is 6.19 Å². The molecule has 0 unspecified atom stereocenters. The van der Waals surface area contributed by atoms with E-state index in [1.54, 1.807) is 6.19 Å². The molecular weight excluding hydrogens is 330 g/mol. The molecule has 5 nitrogen and oxygen atoms in total. The molecule has 0 aromatic carbocycles. The zero-order chi connectivity index (χ0) is 17.4. The number of pyridine rings is 1. The first-order valence-electron chi connectivity index (χ1n) is 8.87. The highest BCUT2D eigenvalue weighted by Gasteiger charge is 2.52. The normalized spacial score (nSPS) is 33.0. The van der Waals surface area contributed by atoms with Crippen LogP contribution in [0.25, 0.3) is 0 Å². The first-order chi connectivity index (χ1) is 12.1. The van der Waals surface area contributed by atoms with Crippen molar-refractivity contribution in [1.82, 2.24) is 4.98 Å². The van der Waals surface area contributed by atoms with Gasteiger partial charge >= 0.3 is 0 Å². The van der Waals surface area contributed by atoms with Crippen LogP contribution in [0.5, 0.6) is 0 Å². The van der Waals surface area contributed by atoms with E-state index in [1.165, 1.54) is 50.3 Å². The molecule has 4 fully saturated rings. The van der Waals surface area contributed by atoms with Crippen molar-refractivity contribution in [3.05, 3.63) is 23.4 Å². The summed E-state index contributed by atoms with van der Waals surface area (Å²) in [6.45, 7) is 0. The van der Waals surface area contributed by atoms with E-state index in [-0.39, 0.29) is 11.3 Å². The van der Waals surface area contributed by atoms with Crippen molar-refractivity contribution in [2.75, 3.05) is 5.75 Å². The second-order valence-electron chi connectivity index (χ2n) is 7.85. The number of hydrogen-bond donors (Lipinski definition) is 1. The molecule has 1 aromatic rings. The Balaban J connectivity index is 1.63. The number of aliphatic imine (C=N–C) groups is 1. The summed E-state index contributed by atoms with van der Waals surface area (Å²) in [7, 11) is 0. The Hall–Kier alpha value is -2.05. The van der Waals surface area contributed by atoms with Gasteiger partial charge in [-0.25, -0.2) is 4.98 Å². The highest BCUT2D eigenvalue weighted by atomic mass is 32.2. The fourth-order valence-electron chi connectivity index (χ4n) is 5.59. The lowest BCUT2D eigenvalue weighted by Gasteiger charge is -2.56. The Labute approximate surface area is 152 Å². The number of amidine groups is 1. The zero-order valence-electron chi connectivity index (χ0n) is 14.1. The maximum atomic E-state index is 9.39. The van der Waals surface area contributed by atoms with Crippen molar-refractivity contribution in [3.63, 3.8) is 0 Å². The first kappa shape index (κ1) is 16.4. The predicted octanol–water partition coefficient (Wildman–Crippen LogP) is 3.35. The summed E-state index contributed by atoms with van der Waals surface area (Å²) in [5, 5.41) is 18.7. The molecule has 0 spiro atoms. The lowest BCUT2D eigenvalue weighted by Crippen LogP contribution is -2.49. The second-order valence-corrected chi connectivity index (χ2v) is 8.81. The quantitative estimate of drug-likeness (QED) is 0.388. The minimum atomic E-state index is 0.213. The average Bonchev–Trinajstić information content (AvgIpc) is 2.59. The number of nitrogens with two attached hydrogens (primary N) is 1. The molecule has 4 aliphatic carbocycles. The lowest BCUT2D eigenvalue weighted by atomic mass is 9.49. The van der Waals surface area contributed by atoms with Crippen molar-refractivity contribution in [2.24, 2.45) is 28.5 Å². The number of rotatable bonds is 4. The Kier molecular flexibility index (Phi) is 4.17. The van der Waals surface area contributed by atoms with Crippen LogP contribution in [0, 0.1) is 40.5 Å². The summed E-state index contributed by atoms with van der Waals surface area (Å²) in [6.07, 6.45) is 9.65. The SMILES string of the molecule is N#CN=C(N)CSc1nc(C23CC4CC(CC(C4)C2)C3)ccc1C#N. The highest BCUT2D eigenvalue weighted by molar-refractivity contribution is 8.00. The van der Waals surface area contributed by atoms with Gasteiger partial charge in [-0.15, -0.1) is 0 Å². The van der Waals surface area contributed by atoms with Gasteiger partial charge in [0, 0.05) is 11.1 Å². The molecule has 0 amide bonds. The van der Waals surface area contributed by atoms with E-state index in [4.69, 9.17) is 16.0 Å². The molecule has 0 radical (unpaired) electrons. The molecule has 25 heavy (non-hydrogen) atoms. The van der Waals surface area contributed by atoms with Gasteiger partial charge in [-0.3, -0.25) is 0 Å². The van der Waals surface area contributed by atoms with Crippen LogP contribution in [-0.4, -0.2) is 16.6 Å². The van der Waals surface area contributed by atoms with E-state index in [0.29, 0.717) is 16.3 Å². The Morgan fingerprint density at radius 2 is 1.84 bits per heavy atom. The predicted molar refractivity (Wildman–Crippen MR) is 96.8 cm³/mol. The summed E-state index contributed by atoms with van der Waals surface area (Å²) in [6, 6.07) is 6.20. The molecule has 4 aliphatic rings. The van der Waals surface area contributed by atoms with Gasteiger partial charge in [-0.1, -0.05) is 11.8 Å². The summed E-state index contributed by atoms with van der Waals surface area (Å²) in [4.78, 5) is 8.45. The summed E-state index contributed by atoms with van der Waals surface area (Å²) in [5.41, 5.74) is 7.65. The van der Waals surface area contributed by atoms with Crippen molar-refractivity contribution in [1.29, 1.82) is 10.5 Å². The molecule has 5 rings (SSSR count). The van der Waals surface area contributed by atoms with Crippen LogP contribution in [0.2, 0.25) is 0 Å². The molecule has 1 aromatic heterocycles. The van der Waals surface area contributed by atoms with Gasteiger partial charge in [0.1, 0.15) is 16.9 Å². The first-order valence-corrected chi connectivity index (χ1v) is 9.86. The van der Waals surface area contributed by atoms with Crippen molar-refractivity contribution in [2.45, 2.75) is 49.0 Å². The van der Waals surface area contributed by atoms with Gasteiger partial charge in [0.15, 0.2) is 0 Å². The van der Waals surface area contributed by atoms with E-state index in [1.807, 2.05) is 6.07 Å². The summed E-state index contributed by atoms with van der Waals surface area (Å²) < 4.78 is 0. The summed E-state index contributed by atoms with van der Waals surface area (Å²) in [5.74, 6) is 3.22. The molecule has 0 atom stereocenters. The molecule has 2 N–H and O–H groups in total. The smallest absolute Gasteiger partial charge is 0.207 e. The molecule has 4 bridgehead atoms. The van der Waals surface area contributed by atoms with E-state index in [9.17, 15) is 5.26 Å². The van der Waals surface area contributed by atoms with Crippen LogP contribution in [-0.2, 0) is 5.41 Å². The molecule has 6 heteroatoms. The molecule has 4 saturated carbocycles. The number of hydrogen-bond acceptors (Lipinski definition) is 5. The van der Waals surface area contributed by atoms with Crippen LogP contribution >= 0.6 is 11.8 Å². The van der Waals surface area contributed by atoms with Crippen molar-refractivity contribution >= 4 is 17.6 Å². The van der Waals surface area contributed by atoms with Gasteiger partial charge in [-0.2, -0.15) is 15.5 Å². The van der Waals surface area contributed by atoms with Gasteiger partial charge in [0.05, 0.1) is 11.3 Å². The third kappa shape index (κ3) is 3.00. The minimum absolute atomic E-state index is 0.213. The van der Waals surface area contributed by atoms with E-state index in [2.05, 4.69) is 17.1 Å². The topological polar surface area (TPSA) is 98.8 Å². The average molecular weight is 351 g/mol. The lowest BCUT2D eigenvalue weighted by molar-refractivity contribution is -0.00744. The zero-order valence-corrected chi connectivity index (χ0v) is 14.9. The molecule has 128 valence electrons. The van der Waals surface area contributed by atoms with Crippen LogP contribution in [0.3, 0.4) is 0 Å². The van der Waals surface area contributed by atoms with Gasteiger partial charge in [-0.05, 0) is 68.4 Å². The monoisotopic (exact) mass is 351 g/mol. The number of aromatic nitrogens is 1. The van der Waals surface area contributed by atoms with E-state index >= 15 is 0 Å². The second kappa shape index (κ2) is 6.35. The number of nitrogens with zero attached hydrogens (tertiary/aromatic N) is 4. The van der Waals surface area contributed by atoms with Gasteiger partial charge < -0.3 is 5.73 Å².